The van der Waals surface area contributed by atoms with Crippen LogP contribution in [0.1, 0.15) is 21.5 Å². The van der Waals surface area contributed by atoms with E-state index < -0.39 is 11.7 Å². The summed E-state index contributed by atoms with van der Waals surface area (Å²) in [5, 5.41) is 13.0. The van der Waals surface area contributed by atoms with Crippen LogP contribution >= 0.6 is 0 Å². The molecule has 0 radical (unpaired) electrons. The van der Waals surface area contributed by atoms with Crippen LogP contribution in [0.25, 0.3) is 22.4 Å². The molecule has 0 atom stereocenters. The Morgan fingerprint density at radius 2 is 1.65 bits per heavy atom. The average molecular weight is 453 g/mol. The molecular formula is C26H20FN5O2. The summed E-state index contributed by atoms with van der Waals surface area (Å²) >= 11 is 0. The van der Waals surface area contributed by atoms with Crippen LogP contribution in [0.2, 0.25) is 0 Å². The number of hydrogen-bond donors (Lipinski definition) is 2. The van der Waals surface area contributed by atoms with Gasteiger partial charge in [-0.15, -0.1) is 5.10 Å². The summed E-state index contributed by atoms with van der Waals surface area (Å²) in [4.78, 5) is 17.1. The van der Waals surface area contributed by atoms with Gasteiger partial charge in [0, 0.05) is 11.3 Å². The summed E-state index contributed by atoms with van der Waals surface area (Å²) < 4.78 is 21.0. The van der Waals surface area contributed by atoms with Gasteiger partial charge in [-0.25, -0.2) is 14.5 Å². The Morgan fingerprint density at radius 1 is 0.882 bits per heavy atom. The van der Waals surface area contributed by atoms with E-state index in [-0.39, 0.29) is 11.1 Å². The molecule has 8 heteroatoms. The number of carbonyl (C=O) groups excluding carboxylic acids is 1. The molecular weight excluding hydrogens is 433 g/mol. The third kappa shape index (κ3) is 4.67. The highest BCUT2D eigenvalue weighted by Gasteiger charge is 2.17. The number of halogens is 1. The number of carbonyl (C=O) groups is 1. The molecule has 0 unspecified atom stereocenters. The largest absolute Gasteiger partial charge is 0.372 e. The van der Waals surface area contributed by atoms with E-state index in [4.69, 9.17) is 4.74 Å². The van der Waals surface area contributed by atoms with Crippen molar-refractivity contribution < 1.29 is 13.9 Å². The summed E-state index contributed by atoms with van der Waals surface area (Å²) in [5.74, 6) is -1.19. The Morgan fingerprint density at radius 3 is 2.44 bits per heavy atom. The molecule has 5 aromatic rings. The van der Waals surface area contributed by atoms with Gasteiger partial charge in [0.1, 0.15) is 11.3 Å². The SMILES string of the molecule is O=C(Nc1ccc(COCc2ccccc2)cc1)c1cccc(-c2ccc3nn[nH]c3n2)c1F. The van der Waals surface area contributed by atoms with E-state index in [9.17, 15) is 4.79 Å². The highest BCUT2D eigenvalue weighted by Crippen LogP contribution is 2.25. The fourth-order valence-corrected chi connectivity index (χ4v) is 3.54. The van der Waals surface area contributed by atoms with Crippen molar-refractivity contribution in [3.63, 3.8) is 0 Å². The number of aromatic amines is 1. The molecule has 1 amide bonds. The number of amides is 1. The van der Waals surface area contributed by atoms with Gasteiger partial charge < -0.3 is 10.1 Å². The van der Waals surface area contributed by atoms with E-state index in [2.05, 4.69) is 25.7 Å². The molecule has 0 fully saturated rings. The molecule has 7 nitrogen and oxygen atoms in total. The maximum Gasteiger partial charge on any atom is 0.258 e. The van der Waals surface area contributed by atoms with Crippen LogP contribution in [0.4, 0.5) is 10.1 Å². The van der Waals surface area contributed by atoms with Crippen molar-refractivity contribution in [1.29, 1.82) is 0 Å². The van der Waals surface area contributed by atoms with Gasteiger partial charge in [-0.3, -0.25) is 4.79 Å². The number of hydrogen-bond acceptors (Lipinski definition) is 5. The summed E-state index contributed by atoms with van der Waals surface area (Å²) in [7, 11) is 0. The van der Waals surface area contributed by atoms with E-state index in [1.807, 2.05) is 42.5 Å². The van der Waals surface area contributed by atoms with E-state index >= 15 is 4.39 Å². The van der Waals surface area contributed by atoms with Crippen LogP contribution in [-0.2, 0) is 18.0 Å². The first-order valence-corrected chi connectivity index (χ1v) is 10.7. The highest BCUT2D eigenvalue weighted by molar-refractivity contribution is 6.05. The van der Waals surface area contributed by atoms with E-state index in [1.54, 1.807) is 36.4 Å². The molecule has 34 heavy (non-hydrogen) atoms. The second-order valence-electron chi connectivity index (χ2n) is 7.67. The van der Waals surface area contributed by atoms with Crippen LogP contribution in [0.5, 0.6) is 0 Å². The van der Waals surface area contributed by atoms with Gasteiger partial charge >= 0.3 is 0 Å². The zero-order chi connectivity index (χ0) is 23.3. The van der Waals surface area contributed by atoms with Crippen molar-refractivity contribution in [2.24, 2.45) is 0 Å². The summed E-state index contributed by atoms with van der Waals surface area (Å²) in [6.07, 6.45) is 0. The van der Waals surface area contributed by atoms with Crippen LogP contribution < -0.4 is 5.32 Å². The van der Waals surface area contributed by atoms with E-state index in [1.165, 1.54) is 6.07 Å². The minimum absolute atomic E-state index is 0.0718. The Labute approximate surface area is 194 Å². The summed E-state index contributed by atoms with van der Waals surface area (Å²) in [5.41, 5.74) is 4.18. The van der Waals surface area contributed by atoms with E-state index in [0.29, 0.717) is 35.8 Å². The number of pyridine rings is 1. The molecule has 5 rings (SSSR count). The monoisotopic (exact) mass is 453 g/mol. The number of H-pyrrole nitrogens is 1. The molecule has 0 saturated heterocycles. The maximum atomic E-state index is 15.2. The lowest BCUT2D eigenvalue weighted by molar-refractivity contribution is 0.102. The van der Waals surface area contributed by atoms with Crippen molar-refractivity contribution in [3.8, 4) is 11.3 Å². The number of fused-ring (bicyclic) bond motifs is 1. The van der Waals surface area contributed by atoms with Crippen LogP contribution in [-0.4, -0.2) is 26.3 Å². The smallest absolute Gasteiger partial charge is 0.258 e. The number of benzene rings is 3. The van der Waals surface area contributed by atoms with E-state index in [0.717, 1.165) is 11.1 Å². The quantitative estimate of drug-likeness (QED) is 0.356. The first-order valence-electron chi connectivity index (χ1n) is 10.7. The number of rotatable bonds is 7. The van der Waals surface area contributed by atoms with Crippen molar-refractivity contribution >= 4 is 22.8 Å². The van der Waals surface area contributed by atoms with Gasteiger partial charge in [-0.05, 0) is 47.5 Å². The van der Waals surface area contributed by atoms with Gasteiger partial charge in [0.15, 0.2) is 5.65 Å². The first-order chi connectivity index (χ1) is 16.7. The zero-order valence-corrected chi connectivity index (χ0v) is 18.0. The number of anilines is 1. The Hall–Kier alpha value is -4.43. The van der Waals surface area contributed by atoms with Crippen LogP contribution in [0, 0.1) is 5.82 Å². The lowest BCUT2D eigenvalue weighted by Gasteiger charge is -2.10. The third-order valence-electron chi connectivity index (χ3n) is 5.30. The first kappa shape index (κ1) is 21.4. The Bertz CT molecular complexity index is 1440. The van der Waals surface area contributed by atoms with Crippen molar-refractivity contribution in [2.45, 2.75) is 13.2 Å². The molecule has 2 heterocycles. The molecule has 0 spiro atoms. The van der Waals surface area contributed by atoms with Gasteiger partial charge in [0.2, 0.25) is 0 Å². The molecule has 0 saturated carbocycles. The molecule has 0 bridgehead atoms. The van der Waals surface area contributed by atoms with Crippen LogP contribution in [0.15, 0.2) is 84.9 Å². The second kappa shape index (κ2) is 9.60. The lowest BCUT2D eigenvalue weighted by Crippen LogP contribution is -2.14. The summed E-state index contributed by atoms with van der Waals surface area (Å²) in [6, 6.07) is 25.2. The standard InChI is InChI=1S/C26H20FN5O2/c27-24-20(22-13-14-23-25(29-22)31-32-30-23)7-4-8-21(24)26(33)28-19-11-9-18(10-12-19)16-34-15-17-5-2-1-3-6-17/h1-14H,15-16H2,(H,28,33)(H,29,30,31,32). The number of aromatic nitrogens is 4. The molecule has 168 valence electrons. The molecule has 2 aromatic heterocycles. The Kier molecular flexibility index (Phi) is 6.05. The number of nitrogens with one attached hydrogen (secondary N) is 2. The predicted molar refractivity (Wildman–Crippen MR) is 126 cm³/mol. The normalized spacial score (nSPS) is 11.0. The van der Waals surface area contributed by atoms with Gasteiger partial charge in [-0.1, -0.05) is 53.7 Å². The number of nitrogens with zero attached hydrogens (tertiary/aromatic N) is 3. The Balaban J connectivity index is 1.25. The number of ether oxygens (including phenoxy) is 1. The minimum Gasteiger partial charge on any atom is -0.372 e. The van der Waals surface area contributed by atoms with Crippen LogP contribution in [0.3, 0.4) is 0 Å². The fraction of sp³-hybridized carbons (Fsp3) is 0.0769. The average Bonchev–Trinajstić information content (AvgIpc) is 3.34. The summed E-state index contributed by atoms with van der Waals surface area (Å²) in [6.45, 7) is 0.969. The molecule has 0 aliphatic rings. The zero-order valence-electron chi connectivity index (χ0n) is 18.0. The third-order valence-corrected chi connectivity index (χ3v) is 5.30. The van der Waals surface area contributed by atoms with Gasteiger partial charge in [0.05, 0.1) is 24.5 Å². The van der Waals surface area contributed by atoms with Crippen molar-refractivity contribution in [2.75, 3.05) is 5.32 Å². The van der Waals surface area contributed by atoms with Gasteiger partial charge in [0.25, 0.3) is 5.91 Å². The predicted octanol–water partition coefficient (Wildman–Crippen LogP) is 5.13. The molecule has 0 aliphatic carbocycles. The second-order valence-corrected chi connectivity index (χ2v) is 7.67. The minimum atomic E-state index is -0.648. The topological polar surface area (TPSA) is 92.8 Å². The molecule has 0 aliphatic heterocycles. The lowest BCUT2D eigenvalue weighted by atomic mass is 10.1. The van der Waals surface area contributed by atoms with Crippen molar-refractivity contribution in [1.82, 2.24) is 20.4 Å². The molecule has 2 N–H and O–H groups in total. The highest BCUT2D eigenvalue weighted by atomic mass is 19.1. The van der Waals surface area contributed by atoms with Gasteiger partial charge in [-0.2, -0.15) is 0 Å². The molecule has 3 aromatic carbocycles. The maximum absolute atomic E-state index is 15.2. The fourth-order valence-electron chi connectivity index (χ4n) is 3.54. The van der Waals surface area contributed by atoms with Crippen molar-refractivity contribution in [3.05, 3.63) is 107 Å².